The van der Waals surface area contributed by atoms with Gasteiger partial charge in [0, 0.05) is 17.4 Å². The second-order valence-electron chi connectivity index (χ2n) is 5.94. The molecule has 2 fully saturated rings. The zero-order valence-corrected chi connectivity index (χ0v) is 14.1. The molecule has 0 unspecified atom stereocenters. The van der Waals surface area contributed by atoms with Gasteiger partial charge in [0.05, 0.1) is 0 Å². The highest BCUT2D eigenvalue weighted by atomic mass is 35.5. The highest BCUT2D eigenvalue weighted by molar-refractivity contribution is 6.44. The molecule has 6 nitrogen and oxygen atoms in total. The largest absolute Gasteiger partial charge is 0.454 e. The van der Waals surface area contributed by atoms with Crippen LogP contribution >= 0.6 is 11.6 Å². The quantitative estimate of drug-likeness (QED) is 0.619. The van der Waals surface area contributed by atoms with Gasteiger partial charge in [-0.25, -0.2) is 9.97 Å². The van der Waals surface area contributed by atoms with Crippen LogP contribution in [0.2, 0.25) is 10.8 Å². The Bertz CT molecular complexity index is 634. The summed E-state index contributed by atoms with van der Waals surface area (Å²) in [7, 11) is -1.04. The van der Waals surface area contributed by atoms with Crippen LogP contribution in [-0.2, 0) is 0 Å². The molecule has 0 spiro atoms. The molecule has 2 aliphatic carbocycles. The molecule has 0 amide bonds. The van der Waals surface area contributed by atoms with Crippen molar-refractivity contribution in [1.29, 1.82) is 0 Å². The maximum absolute atomic E-state index is 8.25. The monoisotopic (exact) mass is 348 g/mol. The van der Waals surface area contributed by atoms with Gasteiger partial charge < -0.3 is 21.5 Å². The molecule has 0 bridgehead atoms. The maximum atomic E-state index is 8.25. The van der Waals surface area contributed by atoms with Crippen molar-refractivity contribution in [3.63, 3.8) is 0 Å². The number of nitrogens with two attached hydrogens (primary N) is 2. The van der Waals surface area contributed by atoms with Crippen LogP contribution in [0, 0.1) is 0 Å². The lowest BCUT2D eigenvalue weighted by Crippen LogP contribution is -2.09. The lowest BCUT2D eigenvalue weighted by atomic mass is 9.84. The van der Waals surface area contributed by atoms with Gasteiger partial charge in [0.15, 0.2) is 0 Å². The summed E-state index contributed by atoms with van der Waals surface area (Å²) in [4.78, 5) is 7.66. The third kappa shape index (κ3) is 7.17. The third-order valence-corrected chi connectivity index (χ3v) is 3.88. The summed E-state index contributed by atoms with van der Waals surface area (Å²) in [6, 6.07) is 7.30. The van der Waals surface area contributed by atoms with Crippen molar-refractivity contribution in [1.82, 2.24) is 9.97 Å². The van der Waals surface area contributed by atoms with Gasteiger partial charge in [0.25, 0.3) is 0 Å². The summed E-state index contributed by atoms with van der Waals surface area (Å²) in [5.41, 5.74) is 12.1. The minimum atomic E-state index is -1.04. The lowest BCUT2D eigenvalue weighted by Gasteiger charge is -1.96. The van der Waals surface area contributed by atoms with E-state index in [9.17, 15) is 0 Å². The Labute approximate surface area is 147 Å². The van der Waals surface area contributed by atoms with Crippen LogP contribution in [0.15, 0.2) is 36.7 Å². The Morgan fingerprint density at radius 2 is 1.54 bits per heavy atom. The van der Waals surface area contributed by atoms with Crippen molar-refractivity contribution in [2.75, 3.05) is 11.5 Å². The van der Waals surface area contributed by atoms with E-state index < -0.39 is 7.12 Å². The van der Waals surface area contributed by atoms with Crippen molar-refractivity contribution < 1.29 is 10.0 Å². The van der Waals surface area contributed by atoms with Gasteiger partial charge in [0.1, 0.15) is 11.6 Å². The molecule has 2 saturated carbocycles. The smallest absolute Gasteiger partial charge is 0.427 e. The molecule has 0 saturated heterocycles. The van der Waals surface area contributed by atoms with E-state index in [-0.39, 0.29) is 5.82 Å². The Morgan fingerprint density at radius 1 is 0.958 bits per heavy atom. The number of rotatable bonds is 2. The average molecular weight is 349 g/mol. The fourth-order valence-corrected chi connectivity index (χ4v) is 2.12. The molecule has 4 rings (SSSR count). The van der Waals surface area contributed by atoms with Crippen molar-refractivity contribution in [2.24, 2.45) is 0 Å². The van der Waals surface area contributed by atoms with E-state index in [2.05, 4.69) is 9.97 Å². The summed E-state index contributed by atoms with van der Waals surface area (Å²) < 4.78 is 0. The SMILES string of the molecule is Nc1cc(C2CC2)ccn1.Nc1cc(Cl)ccn1.OB(O)C1CC1. The van der Waals surface area contributed by atoms with Crippen molar-refractivity contribution in [3.8, 4) is 0 Å². The summed E-state index contributed by atoms with van der Waals surface area (Å²) in [5, 5.41) is 17.1. The number of anilines is 2. The van der Waals surface area contributed by atoms with Gasteiger partial charge in [-0.05, 0) is 54.4 Å². The minimum Gasteiger partial charge on any atom is -0.427 e. The van der Waals surface area contributed by atoms with Gasteiger partial charge in [0.2, 0.25) is 0 Å². The summed E-state index contributed by atoms with van der Waals surface area (Å²) in [6.45, 7) is 0. The molecule has 8 heteroatoms. The van der Waals surface area contributed by atoms with Crippen LogP contribution in [0.25, 0.3) is 0 Å². The molecular formula is C16H22BClN4O2. The van der Waals surface area contributed by atoms with Crippen LogP contribution in [0.1, 0.15) is 37.2 Å². The van der Waals surface area contributed by atoms with Crippen LogP contribution in [0.3, 0.4) is 0 Å². The molecule has 0 radical (unpaired) electrons. The van der Waals surface area contributed by atoms with Gasteiger partial charge in [-0.3, -0.25) is 0 Å². The first-order chi connectivity index (χ1) is 11.5. The normalized spacial score (nSPS) is 15.5. The number of halogens is 1. The second kappa shape index (κ2) is 8.87. The number of pyridine rings is 2. The molecule has 2 aromatic heterocycles. The Morgan fingerprint density at radius 3 is 1.88 bits per heavy atom. The molecule has 24 heavy (non-hydrogen) atoms. The van der Waals surface area contributed by atoms with Crippen LogP contribution < -0.4 is 11.5 Å². The van der Waals surface area contributed by atoms with Gasteiger partial charge >= 0.3 is 7.12 Å². The molecule has 6 N–H and O–H groups in total. The molecular weight excluding hydrogens is 326 g/mol. The van der Waals surface area contributed by atoms with Gasteiger partial charge in [-0.2, -0.15) is 0 Å². The van der Waals surface area contributed by atoms with Crippen LogP contribution in [0.5, 0.6) is 0 Å². The van der Waals surface area contributed by atoms with E-state index in [4.69, 9.17) is 33.1 Å². The zero-order valence-electron chi connectivity index (χ0n) is 13.3. The standard InChI is InChI=1S/C8H10N2.C5H5ClN2.C3H7BO2/c9-8-5-7(3-4-10-8)6-1-2-6;6-4-1-2-8-5(7)3-4;5-4(6)3-1-2-3/h3-6H,1-2H2,(H2,9,10);1-3H,(H2,7,8);3,5-6H,1-2H2. The Balaban J connectivity index is 0.000000135. The van der Waals surface area contributed by atoms with E-state index in [0.29, 0.717) is 16.7 Å². The van der Waals surface area contributed by atoms with E-state index in [1.165, 1.54) is 18.4 Å². The molecule has 2 heterocycles. The maximum Gasteiger partial charge on any atom is 0.454 e. The molecule has 0 aliphatic heterocycles. The average Bonchev–Trinajstić information content (AvgIpc) is 3.41. The predicted molar refractivity (Wildman–Crippen MR) is 97.5 cm³/mol. The summed E-state index contributed by atoms with van der Waals surface area (Å²) in [5.74, 6) is 2.09. The summed E-state index contributed by atoms with van der Waals surface area (Å²) >= 11 is 5.52. The molecule has 0 atom stereocenters. The van der Waals surface area contributed by atoms with E-state index in [0.717, 1.165) is 18.8 Å². The fourth-order valence-electron chi connectivity index (χ4n) is 1.95. The fraction of sp³-hybridized carbons (Fsp3) is 0.375. The first-order valence-corrected chi connectivity index (χ1v) is 8.28. The molecule has 2 aliphatic rings. The van der Waals surface area contributed by atoms with Crippen LogP contribution in [0.4, 0.5) is 11.6 Å². The van der Waals surface area contributed by atoms with Crippen LogP contribution in [-0.4, -0.2) is 27.1 Å². The Kier molecular flexibility index (Phi) is 6.84. The lowest BCUT2D eigenvalue weighted by molar-refractivity contribution is 0.403. The highest BCUT2D eigenvalue weighted by Gasteiger charge is 2.33. The van der Waals surface area contributed by atoms with E-state index in [1.54, 1.807) is 24.5 Å². The highest BCUT2D eigenvalue weighted by Crippen LogP contribution is 2.40. The van der Waals surface area contributed by atoms with Crippen molar-refractivity contribution >= 4 is 30.4 Å². The molecule has 0 aromatic carbocycles. The Hall–Kier alpha value is -1.83. The first kappa shape index (κ1) is 18.5. The third-order valence-electron chi connectivity index (χ3n) is 3.64. The van der Waals surface area contributed by atoms with E-state index in [1.807, 2.05) is 12.1 Å². The first-order valence-electron chi connectivity index (χ1n) is 7.90. The van der Waals surface area contributed by atoms with Gasteiger partial charge in [-0.1, -0.05) is 24.4 Å². The minimum absolute atomic E-state index is 0.213. The number of aromatic nitrogens is 2. The number of nitrogen functional groups attached to an aromatic ring is 2. The predicted octanol–water partition coefficient (Wildman–Crippen LogP) is 2.48. The summed E-state index contributed by atoms with van der Waals surface area (Å²) in [6.07, 6.45) is 7.99. The van der Waals surface area contributed by atoms with Crippen molar-refractivity contribution in [3.05, 3.63) is 47.2 Å². The zero-order chi connectivity index (χ0) is 17.5. The van der Waals surface area contributed by atoms with E-state index >= 15 is 0 Å². The molecule has 2 aromatic rings. The number of hydrogen-bond acceptors (Lipinski definition) is 6. The number of hydrogen-bond donors (Lipinski definition) is 4. The number of nitrogens with zero attached hydrogens (tertiary/aromatic N) is 2. The molecule has 128 valence electrons. The second-order valence-corrected chi connectivity index (χ2v) is 6.37. The van der Waals surface area contributed by atoms with Gasteiger partial charge in [-0.15, -0.1) is 0 Å². The topological polar surface area (TPSA) is 118 Å². The van der Waals surface area contributed by atoms with Crippen molar-refractivity contribution in [2.45, 2.75) is 37.4 Å².